The summed E-state index contributed by atoms with van der Waals surface area (Å²) in [6, 6.07) is 0. The van der Waals surface area contributed by atoms with E-state index in [0.29, 0.717) is 35.5 Å². The van der Waals surface area contributed by atoms with Crippen molar-refractivity contribution in [3.05, 3.63) is 0 Å². The minimum absolute atomic E-state index is 0.0591. The second-order valence-corrected chi connectivity index (χ2v) is 11.3. The van der Waals surface area contributed by atoms with Gasteiger partial charge in [0, 0.05) is 6.42 Å². The second kappa shape index (κ2) is 7.27. The fourth-order valence-electron chi connectivity index (χ4n) is 8.71. The van der Waals surface area contributed by atoms with E-state index in [-0.39, 0.29) is 29.5 Å². The summed E-state index contributed by atoms with van der Waals surface area (Å²) < 4.78 is 0. The Labute approximate surface area is 170 Å². The Morgan fingerprint density at radius 1 is 1.04 bits per heavy atom. The lowest BCUT2D eigenvalue weighted by molar-refractivity contribution is -0.175. The Morgan fingerprint density at radius 2 is 1.79 bits per heavy atom. The Morgan fingerprint density at radius 3 is 2.50 bits per heavy atom. The first kappa shape index (κ1) is 20.7. The van der Waals surface area contributed by atoms with Crippen molar-refractivity contribution in [2.45, 2.75) is 97.2 Å². The maximum Gasteiger partial charge on any atom is 0.303 e. The number of carboxylic acids is 1. The highest BCUT2D eigenvalue weighted by Crippen LogP contribution is 2.68. The van der Waals surface area contributed by atoms with Crippen LogP contribution in [0.25, 0.3) is 0 Å². The van der Waals surface area contributed by atoms with Crippen LogP contribution in [0.5, 0.6) is 0 Å². The third kappa shape index (κ3) is 3.05. The highest BCUT2D eigenvalue weighted by Gasteiger charge is 2.63. The molecule has 4 heteroatoms. The highest BCUT2D eigenvalue weighted by atomic mass is 16.4. The number of hydrogen-bond acceptors (Lipinski definition) is 3. The number of aliphatic hydroxyl groups excluding tert-OH is 2. The van der Waals surface area contributed by atoms with Gasteiger partial charge in [-0.3, -0.25) is 4.79 Å². The molecule has 0 amide bonds. The molecule has 4 saturated carbocycles. The maximum absolute atomic E-state index is 11.5. The van der Waals surface area contributed by atoms with Crippen molar-refractivity contribution in [3.8, 4) is 0 Å². The summed E-state index contributed by atoms with van der Waals surface area (Å²) in [5, 5.41) is 30.8. The first-order chi connectivity index (χ1) is 13.2. The first-order valence-corrected chi connectivity index (χ1v) is 11.8. The van der Waals surface area contributed by atoms with Crippen LogP contribution in [0.3, 0.4) is 0 Å². The van der Waals surface area contributed by atoms with E-state index in [9.17, 15) is 15.0 Å². The number of fused-ring (bicyclic) bond motifs is 5. The summed E-state index contributed by atoms with van der Waals surface area (Å²) in [4.78, 5) is 11.1. The van der Waals surface area contributed by atoms with E-state index >= 15 is 0 Å². The van der Waals surface area contributed by atoms with Crippen LogP contribution >= 0.6 is 0 Å². The summed E-state index contributed by atoms with van der Waals surface area (Å²) in [5.41, 5.74) is 0.216. The van der Waals surface area contributed by atoms with Crippen molar-refractivity contribution in [1.29, 1.82) is 0 Å². The summed E-state index contributed by atoms with van der Waals surface area (Å²) >= 11 is 0. The van der Waals surface area contributed by atoms with E-state index in [4.69, 9.17) is 5.11 Å². The molecular formula is C24H40O4. The van der Waals surface area contributed by atoms with Gasteiger partial charge in [0.05, 0.1) is 12.2 Å². The Bertz CT molecular complexity index is 605. The molecular weight excluding hydrogens is 354 g/mol. The fourth-order valence-corrected chi connectivity index (χ4v) is 8.71. The molecule has 0 spiro atoms. The van der Waals surface area contributed by atoms with Crippen LogP contribution in [0.2, 0.25) is 0 Å². The molecule has 0 bridgehead atoms. The van der Waals surface area contributed by atoms with Crippen LogP contribution in [0.15, 0.2) is 0 Å². The van der Waals surface area contributed by atoms with Gasteiger partial charge < -0.3 is 15.3 Å². The Balaban J connectivity index is 1.56. The SMILES string of the molecule is C[C@H](CCC(=O)O)[C@H]1CC[C@H]2[C@@H]3CC[C@@H]4[13CH2][13C@H](O)CC[C@]4(C)[C@H]3C[C@H](O)[C@]12C. The lowest BCUT2D eigenvalue weighted by atomic mass is 9.45. The van der Waals surface area contributed by atoms with Crippen molar-refractivity contribution < 1.29 is 20.1 Å². The summed E-state index contributed by atoms with van der Waals surface area (Å²) in [7, 11) is 0. The van der Waals surface area contributed by atoms with Gasteiger partial charge in [-0.2, -0.15) is 0 Å². The Kier molecular flexibility index (Phi) is 5.36. The number of carbonyl (C=O) groups is 1. The molecule has 4 rings (SSSR count). The second-order valence-electron chi connectivity index (χ2n) is 11.3. The first-order valence-electron chi connectivity index (χ1n) is 11.8. The van der Waals surface area contributed by atoms with Gasteiger partial charge >= 0.3 is 5.97 Å². The predicted octanol–water partition coefficient (Wildman–Crippen LogP) is 4.48. The molecule has 3 N–H and O–H groups in total. The molecule has 0 aromatic carbocycles. The smallest absolute Gasteiger partial charge is 0.303 e. The number of carboxylic acid groups (broad SMARTS) is 1. The molecule has 0 radical (unpaired) electrons. The van der Waals surface area contributed by atoms with Crippen molar-refractivity contribution in [3.63, 3.8) is 0 Å². The average Bonchev–Trinajstić information content (AvgIpc) is 3.00. The number of aliphatic hydroxyl groups is 2. The minimum Gasteiger partial charge on any atom is -0.481 e. The van der Waals surface area contributed by atoms with Crippen LogP contribution in [0.1, 0.15) is 85.0 Å². The summed E-state index contributed by atoms with van der Waals surface area (Å²) in [6.45, 7) is 6.99. The van der Waals surface area contributed by atoms with E-state index in [2.05, 4.69) is 20.8 Å². The minimum atomic E-state index is -0.707. The van der Waals surface area contributed by atoms with Gasteiger partial charge in [-0.05, 0) is 104 Å². The molecule has 0 aromatic rings. The van der Waals surface area contributed by atoms with Crippen molar-refractivity contribution in [2.24, 2.45) is 46.3 Å². The zero-order chi connectivity index (χ0) is 20.3. The lowest BCUT2D eigenvalue weighted by Crippen LogP contribution is -2.58. The number of rotatable bonds is 4. The molecule has 4 aliphatic rings. The molecule has 4 nitrogen and oxygen atoms in total. The molecule has 0 aromatic heterocycles. The summed E-state index contributed by atoms with van der Waals surface area (Å²) in [5.74, 6) is 2.55. The maximum atomic E-state index is 11.5. The number of hydrogen-bond donors (Lipinski definition) is 3. The third-order valence-electron chi connectivity index (χ3n) is 10.3. The monoisotopic (exact) mass is 394 g/mol. The molecule has 160 valence electrons. The van der Waals surface area contributed by atoms with Gasteiger partial charge in [0.15, 0.2) is 0 Å². The van der Waals surface area contributed by atoms with Gasteiger partial charge in [0.2, 0.25) is 0 Å². The van der Waals surface area contributed by atoms with Gasteiger partial charge in [-0.15, -0.1) is 0 Å². The molecule has 10 atom stereocenters. The van der Waals surface area contributed by atoms with Gasteiger partial charge in [0.1, 0.15) is 0 Å². The number of aliphatic carboxylic acids is 1. The summed E-state index contributed by atoms with van der Waals surface area (Å²) in [6.07, 6.45) is 9.26. The zero-order valence-corrected chi connectivity index (χ0v) is 17.9. The molecule has 0 aliphatic heterocycles. The quantitative estimate of drug-likeness (QED) is 0.615. The van der Waals surface area contributed by atoms with Crippen molar-refractivity contribution in [1.82, 2.24) is 0 Å². The van der Waals surface area contributed by atoms with E-state index in [1.54, 1.807) is 0 Å². The van der Waals surface area contributed by atoms with Crippen molar-refractivity contribution >= 4 is 5.97 Å². The fraction of sp³-hybridized carbons (Fsp3) is 0.958. The average molecular weight is 395 g/mol. The molecule has 28 heavy (non-hydrogen) atoms. The molecule has 0 unspecified atom stereocenters. The predicted molar refractivity (Wildman–Crippen MR) is 109 cm³/mol. The van der Waals surface area contributed by atoms with Crippen LogP contribution in [0.4, 0.5) is 0 Å². The standard InChI is InChI=1S/C24H40O4/c1-14(4-9-22(27)28)18-7-8-19-17-6-5-15-12-16(25)10-11-23(15,2)20(17)13-21(26)24(18,19)3/h14-21,25-26H,4-13H2,1-3H3,(H,27,28)/t14-,15-,16-,17+,18-,19+,20+,21+,23+,24-/m1/s1/i12+1,16+1. The van der Waals surface area contributed by atoms with Gasteiger partial charge in [-0.25, -0.2) is 0 Å². The topological polar surface area (TPSA) is 77.8 Å². The van der Waals surface area contributed by atoms with E-state index in [1.165, 1.54) is 19.3 Å². The zero-order valence-electron chi connectivity index (χ0n) is 17.9. The van der Waals surface area contributed by atoms with Crippen LogP contribution in [0, 0.1) is 46.3 Å². The normalized spacial score (nSPS) is 51.7. The molecule has 4 aliphatic carbocycles. The molecule has 4 fully saturated rings. The van der Waals surface area contributed by atoms with Gasteiger partial charge in [-0.1, -0.05) is 20.8 Å². The largest absolute Gasteiger partial charge is 0.481 e. The van der Waals surface area contributed by atoms with Crippen LogP contribution < -0.4 is 0 Å². The molecule has 0 heterocycles. The Hall–Kier alpha value is -0.610. The van der Waals surface area contributed by atoms with Gasteiger partial charge in [0.25, 0.3) is 0 Å². The van der Waals surface area contributed by atoms with E-state index in [0.717, 1.165) is 38.5 Å². The third-order valence-corrected chi connectivity index (χ3v) is 10.3. The molecule has 0 saturated heterocycles. The van der Waals surface area contributed by atoms with Crippen molar-refractivity contribution in [2.75, 3.05) is 0 Å². The van der Waals surface area contributed by atoms with E-state index < -0.39 is 5.97 Å². The van der Waals surface area contributed by atoms with Crippen LogP contribution in [-0.4, -0.2) is 33.5 Å². The van der Waals surface area contributed by atoms with Crippen LogP contribution in [-0.2, 0) is 4.79 Å². The van der Waals surface area contributed by atoms with E-state index in [1.807, 2.05) is 0 Å². The highest BCUT2D eigenvalue weighted by molar-refractivity contribution is 5.66. The lowest BCUT2D eigenvalue weighted by Gasteiger charge is -2.62.